The highest BCUT2D eigenvalue weighted by molar-refractivity contribution is 5.75. The third-order valence-electron chi connectivity index (χ3n) is 5.90. The number of alkyl halides is 3. The van der Waals surface area contributed by atoms with Crippen LogP contribution in [-0.2, 0) is 17.5 Å². The first-order valence-corrected chi connectivity index (χ1v) is 11.3. The standard InChI is InChI=1S/C27H24F3N3O3/c1-3-23(26(34)35)31-15-17-8-10-18(11-9-17)24-32-25(36-33-24)19-12-13-21(22(14-19)27(28,29)30)20-7-5-4-6-16(20)2/h4-14,23,31H,3,15H2,1-2H3,(H,34,35)/t23-/m0/s1. The molecule has 0 radical (unpaired) electrons. The summed E-state index contributed by atoms with van der Waals surface area (Å²) >= 11 is 0. The minimum absolute atomic E-state index is 0.0233. The Balaban J connectivity index is 1.58. The van der Waals surface area contributed by atoms with Crippen LogP contribution in [-0.4, -0.2) is 27.3 Å². The molecule has 3 aromatic carbocycles. The van der Waals surface area contributed by atoms with E-state index in [1.54, 1.807) is 62.4 Å². The number of nitrogens with one attached hydrogen (secondary N) is 1. The molecule has 4 aromatic rings. The second-order valence-electron chi connectivity index (χ2n) is 8.37. The smallest absolute Gasteiger partial charge is 0.417 e. The van der Waals surface area contributed by atoms with E-state index in [4.69, 9.17) is 9.63 Å². The molecule has 0 aliphatic heterocycles. The van der Waals surface area contributed by atoms with Crippen molar-refractivity contribution in [2.75, 3.05) is 0 Å². The third-order valence-corrected chi connectivity index (χ3v) is 5.90. The van der Waals surface area contributed by atoms with Crippen LogP contribution in [0.4, 0.5) is 13.2 Å². The molecule has 0 saturated heterocycles. The fourth-order valence-electron chi connectivity index (χ4n) is 3.90. The molecule has 186 valence electrons. The lowest BCUT2D eigenvalue weighted by Gasteiger charge is -2.15. The third kappa shape index (κ3) is 5.46. The van der Waals surface area contributed by atoms with E-state index < -0.39 is 23.8 Å². The fourth-order valence-corrected chi connectivity index (χ4v) is 3.90. The van der Waals surface area contributed by atoms with Crippen LogP contribution in [0.25, 0.3) is 34.0 Å². The Morgan fingerprint density at radius 2 is 1.72 bits per heavy atom. The molecule has 1 aromatic heterocycles. The number of aromatic nitrogens is 2. The molecule has 6 nitrogen and oxygen atoms in total. The van der Waals surface area contributed by atoms with Gasteiger partial charge in [0.25, 0.3) is 5.89 Å². The van der Waals surface area contributed by atoms with Gasteiger partial charge >= 0.3 is 12.1 Å². The van der Waals surface area contributed by atoms with Crippen LogP contribution in [0.2, 0.25) is 0 Å². The van der Waals surface area contributed by atoms with Crippen molar-refractivity contribution in [3.05, 3.63) is 83.4 Å². The maximum absolute atomic E-state index is 13.9. The molecule has 1 atom stereocenters. The fraction of sp³-hybridized carbons (Fsp3) is 0.222. The van der Waals surface area contributed by atoms with Gasteiger partial charge in [0.2, 0.25) is 5.82 Å². The Morgan fingerprint density at radius 1 is 1.03 bits per heavy atom. The molecule has 0 bridgehead atoms. The molecule has 9 heteroatoms. The average Bonchev–Trinajstić information content (AvgIpc) is 3.34. The van der Waals surface area contributed by atoms with E-state index >= 15 is 0 Å². The molecule has 2 N–H and O–H groups in total. The number of rotatable bonds is 8. The van der Waals surface area contributed by atoms with Crippen molar-refractivity contribution in [3.63, 3.8) is 0 Å². The van der Waals surface area contributed by atoms with Gasteiger partial charge in [-0.3, -0.25) is 4.79 Å². The molecule has 4 rings (SSSR count). The van der Waals surface area contributed by atoms with Crippen molar-refractivity contribution >= 4 is 5.97 Å². The van der Waals surface area contributed by atoms with Crippen molar-refractivity contribution in [2.45, 2.75) is 39.0 Å². The molecule has 0 spiro atoms. The number of aryl methyl sites for hydroxylation is 1. The lowest BCUT2D eigenvalue weighted by Crippen LogP contribution is -2.35. The number of benzene rings is 3. The molecular formula is C27H24F3N3O3. The number of carbonyl (C=O) groups is 1. The zero-order valence-electron chi connectivity index (χ0n) is 19.6. The summed E-state index contributed by atoms with van der Waals surface area (Å²) in [5.74, 6) is -0.697. The van der Waals surface area contributed by atoms with E-state index in [1.165, 1.54) is 12.1 Å². The average molecular weight is 496 g/mol. The highest BCUT2D eigenvalue weighted by atomic mass is 19.4. The van der Waals surface area contributed by atoms with E-state index in [0.717, 1.165) is 17.2 Å². The number of hydrogen-bond acceptors (Lipinski definition) is 5. The molecule has 0 saturated carbocycles. The lowest BCUT2D eigenvalue weighted by atomic mass is 9.94. The van der Waals surface area contributed by atoms with E-state index in [-0.39, 0.29) is 22.8 Å². The van der Waals surface area contributed by atoms with Gasteiger partial charge < -0.3 is 14.9 Å². The summed E-state index contributed by atoms with van der Waals surface area (Å²) < 4.78 is 47.1. The largest absolute Gasteiger partial charge is 0.480 e. The number of hydrogen-bond donors (Lipinski definition) is 2. The molecule has 0 aliphatic carbocycles. The van der Waals surface area contributed by atoms with Crippen LogP contribution in [0.5, 0.6) is 0 Å². The van der Waals surface area contributed by atoms with Gasteiger partial charge in [-0.05, 0) is 47.7 Å². The number of nitrogens with zero attached hydrogens (tertiary/aromatic N) is 2. The zero-order valence-corrected chi connectivity index (χ0v) is 19.6. The SMILES string of the molecule is CC[C@H](NCc1ccc(-c2noc(-c3ccc(-c4ccccc4C)c(C(F)(F)F)c3)n2)cc1)C(=O)O. The van der Waals surface area contributed by atoms with E-state index in [0.29, 0.717) is 24.1 Å². The van der Waals surface area contributed by atoms with Gasteiger partial charge in [0.05, 0.1) is 5.56 Å². The summed E-state index contributed by atoms with van der Waals surface area (Å²) in [5, 5.41) is 16.0. The zero-order chi connectivity index (χ0) is 25.9. The summed E-state index contributed by atoms with van der Waals surface area (Å²) in [7, 11) is 0. The van der Waals surface area contributed by atoms with Crippen molar-refractivity contribution in [1.82, 2.24) is 15.5 Å². The molecule has 0 amide bonds. The minimum Gasteiger partial charge on any atom is -0.480 e. The molecule has 36 heavy (non-hydrogen) atoms. The highest BCUT2D eigenvalue weighted by Crippen LogP contribution is 2.40. The summed E-state index contributed by atoms with van der Waals surface area (Å²) in [6.07, 6.45) is -4.11. The van der Waals surface area contributed by atoms with Crippen molar-refractivity contribution in [2.24, 2.45) is 0 Å². The topological polar surface area (TPSA) is 88.3 Å². The van der Waals surface area contributed by atoms with Crippen LogP contribution in [0, 0.1) is 6.92 Å². The van der Waals surface area contributed by atoms with Gasteiger partial charge in [-0.25, -0.2) is 0 Å². The molecule has 0 fully saturated rings. The molecule has 0 unspecified atom stereocenters. The Kier molecular flexibility index (Phi) is 7.21. The van der Waals surface area contributed by atoms with Gasteiger partial charge in [-0.1, -0.05) is 66.7 Å². The predicted molar refractivity (Wildman–Crippen MR) is 129 cm³/mol. The van der Waals surface area contributed by atoms with Crippen molar-refractivity contribution < 1.29 is 27.6 Å². The van der Waals surface area contributed by atoms with Crippen LogP contribution >= 0.6 is 0 Å². The maximum Gasteiger partial charge on any atom is 0.417 e. The van der Waals surface area contributed by atoms with Crippen LogP contribution in [0.3, 0.4) is 0 Å². The number of aliphatic carboxylic acids is 1. The predicted octanol–water partition coefficient (Wildman–Crippen LogP) is 6.35. The number of halogens is 3. The lowest BCUT2D eigenvalue weighted by molar-refractivity contribution is -0.139. The summed E-state index contributed by atoms with van der Waals surface area (Å²) in [5.41, 5.74) is 2.20. The Bertz CT molecular complexity index is 1360. The van der Waals surface area contributed by atoms with Gasteiger partial charge in [0.15, 0.2) is 0 Å². The molecule has 0 aliphatic rings. The van der Waals surface area contributed by atoms with E-state index in [2.05, 4.69) is 15.5 Å². The first-order valence-electron chi connectivity index (χ1n) is 11.3. The quantitative estimate of drug-likeness (QED) is 0.296. The van der Waals surface area contributed by atoms with Crippen LogP contribution in [0.15, 0.2) is 71.3 Å². The van der Waals surface area contributed by atoms with Gasteiger partial charge in [0.1, 0.15) is 6.04 Å². The number of carboxylic acids is 1. The first-order chi connectivity index (χ1) is 17.2. The maximum atomic E-state index is 13.9. The number of carboxylic acid groups (broad SMARTS) is 1. The van der Waals surface area contributed by atoms with Gasteiger partial charge in [-0.2, -0.15) is 18.2 Å². The van der Waals surface area contributed by atoms with Crippen molar-refractivity contribution in [3.8, 4) is 34.0 Å². The second kappa shape index (κ2) is 10.3. The van der Waals surface area contributed by atoms with E-state index in [9.17, 15) is 18.0 Å². The van der Waals surface area contributed by atoms with Crippen molar-refractivity contribution in [1.29, 1.82) is 0 Å². The Labute approximate surface area is 205 Å². The monoisotopic (exact) mass is 495 g/mol. The normalized spacial score (nSPS) is 12.5. The van der Waals surface area contributed by atoms with E-state index in [1.807, 2.05) is 0 Å². The minimum atomic E-state index is -4.57. The summed E-state index contributed by atoms with van der Waals surface area (Å²) in [6.45, 7) is 3.93. The Morgan fingerprint density at radius 3 is 2.36 bits per heavy atom. The second-order valence-corrected chi connectivity index (χ2v) is 8.37. The van der Waals surface area contributed by atoms with Gasteiger partial charge in [-0.15, -0.1) is 0 Å². The Hall–Kier alpha value is -3.98. The van der Waals surface area contributed by atoms with Crippen LogP contribution < -0.4 is 5.32 Å². The van der Waals surface area contributed by atoms with Gasteiger partial charge in [0, 0.05) is 17.7 Å². The first kappa shape index (κ1) is 25.1. The highest BCUT2D eigenvalue weighted by Gasteiger charge is 2.34. The molecule has 1 heterocycles. The summed E-state index contributed by atoms with van der Waals surface area (Å²) in [4.78, 5) is 15.4. The van der Waals surface area contributed by atoms with Crippen LogP contribution in [0.1, 0.15) is 30.0 Å². The molecular weight excluding hydrogens is 471 g/mol. The summed E-state index contributed by atoms with van der Waals surface area (Å²) in [6, 6.07) is 17.4.